The minimum atomic E-state index is 0.491. The third-order valence-electron chi connectivity index (χ3n) is 3.02. The van der Waals surface area contributed by atoms with E-state index in [1.165, 1.54) is 5.56 Å². The molecule has 0 aliphatic carbocycles. The maximum Gasteiger partial charge on any atom is 0.201 e. The molecule has 2 N–H and O–H groups in total. The van der Waals surface area contributed by atoms with Gasteiger partial charge >= 0.3 is 0 Å². The Morgan fingerprint density at radius 1 is 1.44 bits per heavy atom. The molecule has 0 bridgehead atoms. The smallest absolute Gasteiger partial charge is 0.201 e. The van der Waals surface area contributed by atoms with Crippen molar-refractivity contribution < 1.29 is 4.74 Å². The Hall–Kier alpha value is -1.49. The summed E-state index contributed by atoms with van der Waals surface area (Å²) in [6.45, 7) is 2.11. The summed E-state index contributed by atoms with van der Waals surface area (Å²) in [6.07, 6.45) is 0.919. The number of nitrogen functional groups attached to an aromatic ring is 1. The van der Waals surface area contributed by atoms with Crippen LogP contribution in [0.25, 0.3) is 11.3 Å². The first-order valence-electron chi connectivity index (χ1n) is 5.73. The lowest BCUT2D eigenvalue weighted by Gasteiger charge is -2.10. The first kappa shape index (κ1) is 13.0. The quantitative estimate of drug-likeness (QED) is 0.948. The SMILES string of the molecule is CCc1cc(-c2c(Br)nc(N)n2C)ccc1OC. The van der Waals surface area contributed by atoms with Crippen LogP contribution in [0, 0.1) is 0 Å². The Labute approximate surface area is 115 Å². The summed E-state index contributed by atoms with van der Waals surface area (Å²) in [5.74, 6) is 1.40. The molecule has 0 aliphatic rings. The molecule has 5 heteroatoms. The summed E-state index contributed by atoms with van der Waals surface area (Å²) in [7, 11) is 3.59. The van der Waals surface area contributed by atoms with E-state index in [1.54, 1.807) is 7.11 Å². The van der Waals surface area contributed by atoms with Crippen molar-refractivity contribution in [2.24, 2.45) is 7.05 Å². The second-order valence-electron chi connectivity index (χ2n) is 4.05. The van der Waals surface area contributed by atoms with Gasteiger partial charge in [-0.1, -0.05) is 6.92 Å². The predicted octanol–water partition coefficient (Wildman–Crippen LogP) is 3.00. The second-order valence-corrected chi connectivity index (χ2v) is 4.80. The van der Waals surface area contributed by atoms with Gasteiger partial charge in [0.25, 0.3) is 0 Å². The van der Waals surface area contributed by atoms with Gasteiger partial charge in [-0.3, -0.25) is 0 Å². The minimum Gasteiger partial charge on any atom is -0.496 e. The van der Waals surface area contributed by atoms with Crippen LogP contribution in [-0.2, 0) is 13.5 Å². The number of anilines is 1. The Balaban J connectivity index is 2.58. The summed E-state index contributed by atoms with van der Waals surface area (Å²) in [5, 5.41) is 0. The zero-order valence-corrected chi connectivity index (χ0v) is 12.3. The van der Waals surface area contributed by atoms with E-state index < -0.39 is 0 Å². The fourth-order valence-electron chi connectivity index (χ4n) is 2.00. The van der Waals surface area contributed by atoms with Gasteiger partial charge in [0.15, 0.2) is 0 Å². The van der Waals surface area contributed by atoms with E-state index in [9.17, 15) is 0 Å². The first-order chi connectivity index (χ1) is 8.58. The van der Waals surface area contributed by atoms with Crippen molar-refractivity contribution in [3.63, 3.8) is 0 Å². The van der Waals surface area contributed by atoms with E-state index in [0.717, 1.165) is 28.0 Å². The molecule has 0 aliphatic heterocycles. The number of nitrogens with two attached hydrogens (primary N) is 1. The third-order valence-corrected chi connectivity index (χ3v) is 3.57. The summed E-state index contributed by atoms with van der Waals surface area (Å²) in [4.78, 5) is 4.21. The molecule has 0 unspecified atom stereocenters. The maximum absolute atomic E-state index is 5.80. The van der Waals surface area contributed by atoms with Crippen LogP contribution in [0.2, 0.25) is 0 Å². The van der Waals surface area contributed by atoms with E-state index in [1.807, 2.05) is 23.7 Å². The van der Waals surface area contributed by atoms with Crippen molar-refractivity contribution >= 4 is 21.9 Å². The zero-order chi connectivity index (χ0) is 13.3. The highest BCUT2D eigenvalue weighted by Gasteiger charge is 2.14. The lowest BCUT2D eigenvalue weighted by molar-refractivity contribution is 0.410. The summed E-state index contributed by atoms with van der Waals surface area (Å²) in [5.41, 5.74) is 9.02. The number of nitrogens with zero attached hydrogens (tertiary/aromatic N) is 2. The molecule has 0 atom stereocenters. The highest BCUT2D eigenvalue weighted by atomic mass is 79.9. The van der Waals surface area contributed by atoms with Crippen LogP contribution >= 0.6 is 15.9 Å². The fourth-order valence-corrected chi connectivity index (χ4v) is 2.67. The number of hydrogen-bond acceptors (Lipinski definition) is 3. The molecule has 1 heterocycles. The van der Waals surface area contributed by atoms with E-state index >= 15 is 0 Å². The molecule has 4 nitrogen and oxygen atoms in total. The average Bonchev–Trinajstić information content (AvgIpc) is 2.62. The van der Waals surface area contributed by atoms with Crippen LogP contribution in [-0.4, -0.2) is 16.7 Å². The van der Waals surface area contributed by atoms with Gasteiger partial charge in [0.05, 0.1) is 12.8 Å². The van der Waals surface area contributed by atoms with E-state index in [2.05, 4.69) is 33.9 Å². The lowest BCUT2D eigenvalue weighted by Crippen LogP contribution is -1.99. The number of ether oxygens (including phenoxy) is 1. The maximum atomic E-state index is 5.80. The van der Waals surface area contributed by atoms with Gasteiger partial charge in [0, 0.05) is 12.6 Å². The van der Waals surface area contributed by atoms with Gasteiger partial charge < -0.3 is 15.0 Å². The normalized spacial score (nSPS) is 10.7. The number of hydrogen-bond donors (Lipinski definition) is 1. The molecule has 0 saturated carbocycles. The molecule has 1 aromatic carbocycles. The molecule has 2 rings (SSSR count). The first-order valence-corrected chi connectivity index (χ1v) is 6.52. The Morgan fingerprint density at radius 3 is 2.67 bits per heavy atom. The van der Waals surface area contributed by atoms with Crippen molar-refractivity contribution in [3.05, 3.63) is 28.4 Å². The van der Waals surface area contributed by atoms with Crippen molar-refractivity contribution in [1.29, 1.82) is 0 Å². The summed E-state index contributed by atoms with van der Waals surface area (Å²) < 4.78 is 7.96. The lowest BCUT2D eigenvalue weighted by atomic mass is 10.1. The van der Waals surface area contributed by atoms with Gasteiger partial charge in [-0.25, -0.2) is 4.98 Å². The van der Waals surface area contributed by atoms with Crippen LogP contribution in [0.5, 0.6) is 5.75 Å². The molecule has 18 heavy (non-hydrogen) atoms. The number of imidazole rings is 1. The average molecular weight is 310 g/mol. The third kappa shape index (κ3) is 2.10. The largest absolute Gasteiger partial charge is 0.496 e. The number of rotatable bonds is 3. The molecule has 0 amide bonds. The van der Waals surface area contributed by atoms with Gasteiger partial charge in [-0.05, 0) is 46.1 Å². The van der Waals surface area contributed by atoms with Crippen molar-refractivity contribution in [2.75, 3.05) is 12.8 Å². The van der Waals surface area contributed by atoms with Crippen molar-refractivity contribution in [2.45, 2.75) is 13.3 Å². The predicted molar refractivity (Wildman–Crippen MR) is 76.7 cm³/mol. The Morgan fingerprint density at radius 2 is 2.17 bits per heavy atom. The van der Waals surface area contributed by atoms with Crippen LogP contribution in [0.15, 0.2) is 22.8 Å². The number of methoxy groups -OCH3 is 1. The van der Waals surface area contributed by atoms with Crippen molar-refractivity contribution in [3.8, 4) is 17.0 Å². The molecule has 2 aromatic rings. The van der Waals surface area contributed by atoms with E-state index in [-0.39, 0.29) is 0 Å². The van der Waals surface area contributed by atoms with Gasteiger partial charge in [0.2, 0.25) is 5.95 Å². The Kier molecular flexibility index (Phi) is 3.61. The van der Waals surface area contributed by atoms with Crippen molar-refractivity contribution in [1.82, 2.24) is 9.55 Å². The molecule has 0 saturated heterocycles. The Bertz CT molecular complexity index is 578. The molecular formula is C13H16BrN3O. The van der Waals surface area contributed by atoms with Crippen LogP contribution in [0.1, 0.15) is 12.5 Å². The highest BCUT2D eigenvalue weighted by Crippen LogP contribution is 2.32. The molecule has 1 aromatic heterocycles. The van der Waals surface area contributed by atoms with Crippen LogP contribution < -0.4 is 10.5 Å². The second kappa shape index (κ2) is 5.02. The number of aromatic nitrogens is 2. The summed E-state index contributed by atoms with van der Waals surface area (Å²) >= 11 is 3.44. The van der Waals surface area contributed by atoms with Crippen LogP contribution in [0.4, 0.5) is 5.95 Å². The zero-order valence-electron chi connectivity index (χ0n) is 10.7. The summed E-state index contributed by atoms with van der Waals surface area (Å²) in [6, 6.07) is 6.10. The number of halogens is 1. The van der Waals surface area contributed by atoms with Crippen LogP contribution in [0.3, 0.4) is 0 Å². The highest BCUT2D eigenvalue weighted by molar-refractivity contribution is 9.10. The molecule has 0 spiro atoms. The standard InChI is InChI=1S/C13H16BrN3O/c1-4-8-7-9(5-6-10(8)18-3)11-12(14)16-13(15)17(11)2/h5-7H,4H2,1-3H3,(H2,15,16). The fraction of sp³-hybridized carbons (Fsp3) is 0.308. The van der Waals surface area contributed by atoms with Gasteiger partial charge in [0.1, 0.15) is 10.4 Å². The topological polar surface area (TPSA) is 53.1 Å². The van der Waals surface area contributed by atoms with E-state index in [4.69, 9.17) is 10.5 Å². The minimum absolute atomic E-state index is 0.491. The number of aryl methyl sites for hydroxylation is 1. The number of benzene rings is 1. The van der Waals surface area contributed by atoms with Gasteiger partial charge in [-0.15, -0.1) is 0 Å². The van der Waals surface area contributed by atoms with E-state index in [0.29, 0.717) is 5.95 Å². The van der Waals surface area contributed by atoms with Gasteiger partial charge in [-0.2, -0.15) is 0 Å². The molecular weight excluding hydrogens is 294 g/mol. The monoisotopic (exact) mass is 309 g/mol. The molecule has 96 valence electrons. The molecule has 0 radical (unpaired) electrons. The molecule has 0 fully saturated rings.